The van der Waals surface area contributed by atoms with Crippen molar-refractivity contribution in [1.82, 2.24) is 0 Å². The van der Waals surface area contributed by atoms with Gasteiger partial charge in [-0.1, -0.05) is 235 Å². The fourth-order valence-electron chi connectivity index (χ4n) is 8.98. The highest BCUT2D eigenvalue weighted by atomic mass is 32.1. The van der Waals surface area contributed by atoms with Gasteiger partial charge in [-0.25, -0.2) is 0 Å². The molecule has 0 amide bonds. The van der Waals surface area contributed by atoms with Crippen LogP contribution in [0.25, 0.3) is 66.8 Å². The molecule has 0 fully saturated rings. The average molecular weight is 928 g/mol. The molecule has 1 aliphatic carbocycles. The maximum atomic E-state index is 5.30. The monoisotopic (exact) mass is 927 g/mol. The Balaban J connectivity index is 0.000000599. The SMILES string of the molecule is C/C=C\C.C=C/C=C\C.CC.CC1(C)c2ccc(-c3ccc(N(c4ccc(-c5ccccc5)cc4)c4cccc(-c5cccc(-c6ccccc6)c5)c4S)cc3)cc2-c2ccc(-c3ccccc3)cc21. The molecule has 0 N–H and O–H groups in total. The minimum absolute atomic E-state index is 0.0869. The Morgan fingerprint density at radius 1 is 0.386 bits per heavy atom. The number of allylic oxidation sites excluding steroid dienone is 5. The van der Waals surface area contributed by atoms with Crippen molar-refractivity contribution in [2.75, 3.05) is 4.90 Å². The molecule has 1 aliphatic rings. The number of thiol groups is 1. The summed E-state index contributed by atoms with van der Waals surface area (Å²) in [7, 11) is 0. The number of benzene rings is 9. The van der Waals surface area contributed by atoms with E-state index < -0.39 is 0 Å². The first-order valence-corrected chi connectivity index (χ1v) is 24.9. The lowest BCUT2D eigenvalue weighted by Gasteiger charge is -2.28. The molecular weight excluding hydrogens is 863 g/mol. The lowest BCUT2D eigenvalue weighted by molar-refractivity contribution is 0.660. The van der Waals surface area contributed by atoms with Crippen LogP contribution in [0.15, 0.2) is 260 Å². The minimum atomic E-state index is -0.0869. The third kappa shape index (κ3) is 11.3. The zero-order valence-corrected chi connectivity index (χ0v) is 42.7. The predicted octanol–water partition coefficient (Wildman–Crippen LogP) is 20.4. The lowest BCUT2D eigenvalue weighted by Crippen LogP contribution is -2.15. The molecule has 0 saturated heterocycles. The first kappa shape index (κ1) is 50.2. The highest BCUT2D eigenvalue weighted by Gasteiger charge is 2.35. The van der Waals surface area contributed by atoms with Gasteiger partial charge in [0.1, 0.15) is 0 Å². The Labute approximate surface area is 424 Å². The first-order valence-electron chi connectivity index (χ1n) is 24.5. The molecule has 0 aromatic heterocycles. The second-order valence-corrected chi connectivity index (χ2v) is 17.8. The van der Waals surface area contributed by atoms with Crippen molar-refractivity contribution >= 4 is 29.7 Å². The van der Waals surface area contributed by atoms with Gasteiger partial charge in [0.25, 0.3) is 0 Å². The normalized spacial score (nSPS) is 11.8. The zero-order valence-electron chi connectivity index (χ0n) is 41.8. The fourth-order valence-corrected chi connectivity index (χ4v) is 9.36. The molecule has 0 atom stereocenters. The molecule has 0 heterocycles. The molecule has 0 spiro atoms. The molecule has 0 radical (unpaired) electrons. The van der Waals surface area contributed by atoms with Crippen molar-refractivity contribution in [1.29, 1.82) is 0 Å². The van der Waals surface area contributed by atoms with Crippen LogP contribution in [0.3, 0.4) is 0 Å². The molecule has 2 heteroatoms. The summed E-state index contributed by atoms with van der Waals surface area (Å²) < 4.78 is 0. The van der Waals surface area contributed by atoms with Gasteiger partial charge in [-0.3, -0.25) is 0 Å². The largest absolute Gasteiger partial charge is 0.309 e. The van der Waals surface area contributed by atoms with Crippen LogP contribution in [0.5, 0.6) is 0 Å². The summed E-state index contributed by atoms with van der Waals surface area (Å²) in [4.78, 5) is 3.25. The molecule has 0 unspecified atom stereocenters. The van der Waals surface area contributed by atoms with Crippen LogP contribution in [-0.4, -0.2) is 0 Å². The van der Waals surface area contributed by atoms with Crippen molar-refractivity contribution in [3.63, 3.8) is 0 Å². The first-order chi connectivity index (χ1) is 34.2. The van der Waals surface area contributed by atoms with Gasteiger partial charge in [-0.2, -0.15) is 0 Å². The standard InChI is InChI=1S/C57H43NS.C5H8.C4H8.C2H6/c1-57(2)53-35-29-45(37-52(53)51-34-28-46(38-54(51)57)41-18-10-5-11-19-41)43-26-32-49(33-27-43)58(48-30-24-42(25-31-48)39-14-6-3-7-15-39)55-23-13-22-50(56(55)59)47-21-12-20-44(36-47)40-16-8-4-9-17-40;1-3-5-4-2;1-3-4-2;1-2/h3-38,59H,1-2H3;3-5H,1H2,2H3;3-4H,1-2H3;1-2H3/b;5-4-;4-3-;. The molecule has 10 rings (SSSR count). The van der Waals surface area contributed by atoms with Gasteiger partial charge in [0.05, 0.1) is 5.69 Å². The third-order valence-corrected chi connectivity index (χ3v) is 13.1. The molecule has 348 valence electrons. The maximum absolute atomic E-state index is 5.30. The molecule has 0 aliphatic heterocycles. The van der Waals surface area contributed by atoms with Gasteiger partial charge in [0.15, 0.2) is 0 Å². The second kappa shape index (κ2) is 24.1. The summed E-state index contributed by atoms with van der Waals surface area (Å²) in [6.07, 6.45) is 9.58. The summed E-state index contributed by atoms with van der Waals surface area (Å²) in [5.74, 6) is 0. The Bertz CT molecular complexity index is 3160. The number of hydrogen-bond donors (Lipinski definition) is 1. The van der Waals surface area contributed by atoms with E-state index in [2.05, 4.69) is 244 Å². The minimum Gasteiger partial charge on any atom is -0.309 e. The molecule has 9 aromatic carbocycles. The fraction of sp³-hybridized carbons (Fsp3) is 0.118. The topological polar surface area (TPSA) is 3.24 Å². The summed E-state index contributed by atoms with van der Waals surface area (Å²) in [5.41, 5.74) is 20.3. The van der Waals surface area contributed by atoms with Gasteiger partial charge >= 0.3 is 0 Å². The van der Waals surface area contributed by atoms with Gasteiger partial charge in [-0.15, -0.1) is 12.6 Å². The molecule has 9 aromatic rings. The molecule has 70 heavy (non-hydrogen) atoms. The number of nitrogens with zero attached hydrogens (tertiary/aromatic N) is 1. The van der Waals surface area contributed by atoms with E-state index in [-0.39, 0.29) is 5.41 Å². The molecule has 0 saturated carbocycles. The quantitative estimate of drug-likeness (QED) is 0.0858. The Morgan fingerprint density at radius 2 is 0.814 bits per heavy atom. The maximum Gasteiger partial charge on any atom is 0.0601 e. The smallest absolute Gasteiger partial charge is 0.0601 e. The van der Waals surface area contributed by atoms with E-state index >= 15 is 0 Å². The van der Waals surface area contributed by atoms with Gasteiger partial charge in [0, 0.05) is 21.7 Å². The Kier molecular flexibility index (Phi) is 17.3. The van der Waals surface area contributed by atoms with Crippen molar-refractivity contribution in [2.45, 2.75) is 58.8 Å². The highest BCUT2D eigenvalue weighted by molar-refractivity contribution is 7.80. The van der Waals surface area contributed by atoms with E-state index in [0.29, 0.717) is 0 Å². The molecule has 1 nitrogen and oxygen atoms in total. The number of fused-ring (bicyclic) bond motifs is 3. The van der Waals surface area contributed by atoms with Crippen LogP contribution in [0.2, 0.25) is 0 Å². The van der Waals surface area contributed by atoms with E-state index in [0.717, 1.165) is 33.1 Å². The Morgan fingerprint density at radius 3 is 1.33 bits per heavy atom. The van der Waals surface area contributed by atoms with Crippen LogP contribution in [0, 0.1) is 0 Å². The van der Waals surface area contributed by atoms with Crippen LogP contribution in [0.4, 0.5) is 17.1 Å². The summed E-state index contributed by atoms with van der Waals surface area (Å²) in [6, 6.07) is 78.9. The van der Waals surface area contributed by atoms with E-state index in [4.69, 9.17) is 12.6 Å². The summed E-state index contributed by atoms with van der Waals surface area (Å²) in [5, 5.41) is 0. The van der Waals surface area contributed by atoms with Crippen LogP contribution in [-0.2, 0) is 5.41 Å². The second-order valence-electron chi connectivity index (χ2n) is 17.4. The number of hydrogen-bond acceptors (Lipinski definition) is 2. The predicted molar refractivity (Wildman–Crippen MR) is 310 cm³/mol. The highest BCUT2D eigenvalue weighted by Crippen LogP contribution is 2.51. The summed E-state index contributed by atoms with van der Waals surface area (Å²) >= 11 is 5.30. The van der Waals surface area contributed by atoms with E-state index in [1.165, 1.54) is 66.8 Å². The van der Waals surface area contributed by atoms with E-state index in [1.54, 1.807) is 6.08 Å². The summed E-state index contributed by atoms with van der Waals surface area (Å²) in [6.45, 7) is 18.1. The van der Waals surface area contributed by atoms with Crippen LogP contribution in [0.1, 0.15) is 59.6 Å². The van der Waals surface area contributed by atoms with Crippen molar-refractivity contribution in [3.8, 4) is 66.8 Å². The van der Waals surface area contributed by atoms with E-state index in [1.807, 2.05) is 58.9 Å². The molecule has 0 bridgehead atoms. The Hall–Kier alpha value is -7.65. The third-order valence-electron chi connectivity index (χ3n) is 12.7. The molecular formula is C68H65NS. The number of rotatable bonds is 9. The number of anilines is 3. The van der Waals surface area contributed by atoms with Gasteiger partial charge < -0.3 is 4.90 Å². The zero-order chi connectivity index (χ0) is 49.5. The average Bonchev–Trinajstić information content (AvgIpc) is 3.65. The van der Waals surface area contributed by atoms with Crippen LogP contribution >= 0.6 is 12.6 Å². The van der Waals surface area contributed by atoms with Crippen LogP contribution < -0.4 is 4.90 Å². The van der Waals surface area contributed by atoms with Crippen molar-refractivity contribution in [2.24, 2.45) is 0 Å². The lowest BCUT2D eigenvalue weighted by atomic mass is 9.81. The van der Waals surface area contributed by atoms with Crippen molar-refractivity contribution in [3.05, 3.63) is 266 Å². The van der Waals surface area contributed by atoms with Gasteiger partial charge in [-0.05, 0) is 147 Å². The van der Waals surface area contributed by atoms with E-state index in [9.17, 15) is 0 Å². The van der Waals surface area contributed by atoms with Crippen molar-refractivity contribution < 1.29 is 0 Å². The van der Waals surface area contributed by atoms with Gasteiger partial charge in [0.2, 0.25) is 0 Å².